The minimum Gasteiger partial charge on any atom is -0.381 e. The van der Waals surface area contributed by atoms with Crippen molar-refractivity contribution in [3.8, 4) is 0 Å². The second-order valence-electron chi connectivity index (χ2n) is 8.91. The molecule has 0 unspecified atom stereocenters. The van der Waals surface area contributed by atoms with E-state index < -0.39 is 15.4 Å². The number of amides is 1. The van der Waals surface area contributed by atoms with Gasteiger partial charge in [0, 0.05) is 44.4 Å². The van der Waals surface area contributed by atoms with Crippen LogP contribution in [-0.2, 0) is 25.0 Å². The summed E-state index contributed by atoms with van der Waals surface area (Å²) in [6.07, 6.45) is 1.17. The van der Waals surface area contributed by atoms with Gasteiger partial charge in [0.05, 0.1) is 10.3 Å². The van der Waals surface area contributed by atoms with Crippen molar-refractivity contribution in [2.75, 3.05) is 39.4 Å². The maximum Gasteiger partial charge on any atom is 0.243 e. The Morgan fingerprint density at radius 1 is 0.853 bits per heavy atom. The quantitative estimate of drug-likeness (QED) is 0.543. The number of hydrogen-bond acceptors (Lipinski definition) is 4. The molecule has 0 N–H and O–H groups in total. The molecular formula is C26H27ClN2O4S. The van der Waals surface area contributed by atoms with Crippen LogP contribution in [-0.4, -0.2) is 62.9 Å². The van der Waals surface area contributed by atoms with E-state index in [0.717, 1.165) is 16.3 Å². The molecule has 2 fully saturated rings. The fourth-order valence-electron chi connectivity index (χ4n) is 5.04. The molecule has 8 heteroatoms. The first-order valence-corrected chi connectivity index (χ1v) is 13.3. The molecule has 2 heterocycles. The van der Waals surface area contributed by atoms with Crippen LogP contribution in [0, 0.1) is 0 Å². The van der Waals surface area contributed by atoms with E-state index in [4.69, 9.17) is 16.3 Å². The summed E-state index contributed by atoms with van der Waals surface area (Å²) in [5.74, 6) is 0.0285. The Kier molecular flexibility index (Phi) is 6.37. The van der Waals surface area contributed by atoms with E-state index in [1.807, 2.05) is 48.5 Å². The number of hydrogen-bond donors (Lipinski definition) is 0. The minimum atomic E-state index is -3.64. The number of ether oxygens (including phenoxy) is 1. The van der Waals surface area contributed by atoms with E-state index in [0.29, 0.717) is 44.2 Å². The van der Waals surface area contributed by atoms with Crippen molar-refractivity contribution >= 4 is 38.3 Å². The van der Waals surface area contributed by atoms with Gasteiger partial charge in [-0.3, -0.25) is 4.79 Å². The number of halogens is 1. The summed E-state index contributed by atoms with van der Waals surface area (Å²) < 4.78 is 33.7. The molecule has 178 valence electrons. The number of carbonyl (C=O) groups is 1. The van der Waals surface area contributed by atoms with Crippen LogP contribution in [0.25, 0.3) is 10.8 Å². The highest BCUT2D eigenvalue weighted by atomic mass is 35.5. The van der Waals surface area contributed by atoms with Gasteiger partial charge in [-0.1, -0.05) is 54.1 Å². The van der Waals surface area contributed by atoms with E-state index in [1.54, 1.807) is 23.1 Å². The van der Waals surface area contributed by atoms with Gasteiger partial charge in [0.15, 0.2) is 0 Å². The molecule has 1 amide bonds. The SMILES string of the molecule is O=C(N1CCN(S(=O)(=O)c2ccc3ccccc3c2)CC1)C1(c2cccc(Cl)c2)CCOCC1. The third kappa shape index (κ3) is 4.22. The molecule has 2 aliphatic heterocycles. The van der Waals surface area contributed by atoms with E-state index >= 15 is 0 Å². The van der Waals surface area contributed by atoms with Crippen molar-refractivity contribution in [3.05, 3.63) is 77.3 Å². The van der Waals surface area contributed by atoms with Crippen LogP contribution < -0.4 is 0 Å². The van der Waals surface area contributed by atoms with Crippen molar-refractivity contribution < 1.29 is 17.9 Å². The first-order chi connectivity index (χ1) is 16.4. The van der Waals surface area contributed by atoms with Gasteiger partial charge in [0.25, 0.3) is 0 Å². The van der Waals surface area contributed by atoms with Crippen molar-refractivity contribution in [1.82, 2.24) is 9.21 Å². The second kappa shape index (κ2) is 9.30. The summed E-state index contributed by atoms with van der Waals surface area (Å²) in [6, 6.07) is 20.4. The van der Waals surface area contributed by atoms with Crippen LogP contribution in [0.1, 0.15) is 18.4 Å². The Balaban J connectivity index is 1.35. The Morgan fingerprint density at radius 3 is 2.26 bits per heavy atom. The van der Waals surface area contributed by atoms with Crippen LogP contribution in [0.5, 0.6) is 0 Å². The fourth-order valence-corrected chi connectivity index (χ4v) is 6.69. The number of fused-ring (bicyclic) bond motifs is 1. The number of nitrogens with zero attached hydrogens (tertiary/aromatic N) is 2. The van der Waals surface area contributed by atoms with Gasteiger partial charge < -0.3 is 9.64 Å². The van der Waals surface area contributed by atoms with Crippen molar-refractivity contribution in [3.63, 3.8) is 0 Å². The molecule has 0 spiro atoms. The predicted octanol–water partition coefficient (Wildman–Crippen LogP) is 4.07. The highest BCUT2D eigenvalue weighted by molar-refractivity contribution is 7.89. The average Bonchev–Trinajstić information content (AvgIpc) is 2.88. The highest BCUT2D eigenvalue weighted by Gasteiger charge is 2.45. The first-order valence-electron chi connectivity index (χ1n) is 11.5. The fraction of sp³-hybridized carbons (Fsp3) is 0.346. The van der Waals surface area contributed by atoms with E-state index in [9.17, 15) is 13.2 Å². The average molecular weight is 499 g/mol. The van der Waals surface area contributed by atoms with Gasteiger partial charge in [-0.05, 0) is 53.4 Å². The smallest absolute Gasteiger partial charge is 0.243 e. The number of sulfonamides is 1. The molecule has 34 heavy (non-hydrogen) atoms. The standard InChI is InChI=1S/C26H27ClN2O4S/c27-23-7-3-6-22(19-23)26(10-16-33-17-11-26)25(30)28-12-14-29(15-13-28)34(31,32)24-9-8-20-4-1-2-5-21(20)18-24/h1-9,18-19H,10-17H2. The Bertz CT molecular complexity index is 1310. The third-order valence-electron chi connectivity index (χ3n) is 7.02. The number of piperazine rings is 1. The lowest BCUT2D eigenvalue weighted by molar-refractivity contribution is -0.142. The van der Waals surface area contributed by atoms with Crippen LogP contribution in [0.2, 0.25) is 5.02 Å². The molecule has 0 aliphatic carbocycles. The summed E-state index contributed by atoms with van der Waals surface area (Å²) in [4.78, 5) is 15.9. The van der Waals surface area contributed by atoms with E-state index in [1.165, 1.54) is 4.31 Å². The van der Waals surface area contributed by atoms with E-state index in [-0.39, 0.29) is 23.9 Å². The monoisotopic (exact) mass is 498 g/mol. The summed E-state index contributed by atoms with van der Waals surface area (Å²) in [6.45, 7) is 2.26. The molecule has 0 aromatic heterocycles. The van der Waals surface area contributed by atoms with Crippen LogP contribution in [0.15, 0.2) is 71.6 Å². The molecule has 0 radical (unpaired) electrons. The van der Waals surface area contributed by atoms with Gasteiger partial charge in [-0.25, -0.2) is 8.42 Å². The molecule has 0 atom stereocenters. The Labute approximate surface area is 205 Å². The zero-order valence-corrected chi connectivity index (χ0v) is 20.4. The largest absolute Gasteiger partial charge is 0.381 e. The second-order valence-corrected chi connectivity index (χ2v) is 11.3. The topological polar surface area (TPSA) is 66.9 Å². The number of rotatable bonds is 4. The Morgan fingerprint density at radius 2 is 1.56 bits per heavy atom. The highest BCUT2D eigenvalue weighted by Crippen LogP contribution is 2.38. The summed E-state index contributed by atoms with van der Waals surface area (Å²) in [7, 11) is -3.64. The molecule has 5 rings (SSSR count). The lowest BCUT2D eigenvalue weighted by atomic mass is 9.73. The molecule has 2 saturated heterocycles. The van der Waals surface area contributed by atoms with Crippen LogP contribution in [0.4, 0.5) is 0 Å². The third-order valence-corrected chi connectivity index (χ3v) is 9.15. The molecular weight excluding hydrogens is 472 g/mol. The number of benzene rings is 3. The zero-order valence-electron chi connectivity index (χ0n) is 18.8. The normalized spacial score (nSPS) is 19.3. The summed E-state index contributed by atoms with van der Waals surface area (Å²) >= 11 is 6.25. The first kappa shape index (κ1) is 23.3. The summed E-state index contributed by atoms with van der Waals surface area (Å²) in [5, 5.41) is 2.49. The van der Waals surface area contributed by atoms with Crippen molar-refractivity contribution in [2.45, 2.75) is 23.2 Å². The number of carbonyl (C=O) groups excluding carboxylic acids is 1. The van der Waals surface area contributed by atoms with Gasteiger partial charge in [-0.15, -0.1) is 0 Å². The lowest BCUT2D eigenvalue weighted by Crippen LogP contribution is -2.56. The molecule has 3 aromatic rings. The lowest BCUT2D eigenvalue weighted by Gasteiger charge is -2.42. The van der Waals surface area contributed by atoms with Crippen molar-refractivity contribution in [1.29, 1.82) is 0 Å². The zero-order chi connectivity index (χ0) is 23.8. The van der Waals surface area contributed by atoms with Gasteiger partial charge >= 0.3 is 0 Å². The molecule has 0 saturated carbocycles. The van der Waals surface area contributed by atoms with Gasteiger partial charge in [0.2, 0.25) is 15.9 Å². The van der Waals surface area contributed by atoms with Crippen LogP contribution >= 0.6 is 11.6 Å². The molecule has 3 aromatic carbocycles. The van der Waals surface area contributed by atoms with Crippen LogP contribution in [0.3, 0.4) is 0 Å². The molecule has 2 aliphatic rings. The minimum absolute atomic E-state index is 0.0285. The predicted molar refractivity (Wildman–Crippen MR) is 132 cm³/mol. The summed E-state index contributed by atoms with van der Waals surface area (Å²) in [5.41, 5.74) is 0.210. The maximum atomic E-state index is 13.8. The van der Waals surface area contributed by atoms with Gasteiger partial charge in [0.1, 0.15) is 0 Å². The molecule has 6 nitrogen and oxygen atoms in total. The van der Waals surface area contributed by atoms with Gasteiger partial charge in [-0.2, -0.15) is 4.31 Å². The Hall–Kier alpha value is -2.45. The molecule has 0 bridgehead atoms. The van der Waals surface area contributed by atoms with Crippen molar-refractivity contribution in [2.24, 2.45) is 0 Å². The maximum absolute atomic E-state index is 13.8. The van der Waals surface area contributed by atoms with E-state index in [2.05, 4.69) is 0 Å².